The number of nitrogens with one attached hydrogen (secondary N) is 1. The highest BCUT2D eigenvalue weighted by atomic mass is 19.1. The van der Waals surface area contributed by atoms with Gasteiger partial charge in [0.05, 0.1) is 29.9 Å². The quantitative estimate of drug-likeness (QED) is 0.409. The normalized spacial score (nSPS) is 18.4. The molecular weight excluding hydrogens is 445 g/mol. The van der Waals surface area contributed by atoms with Crippen molar-refractivity contribution in [3.8, 4) is 23.1 Å². The third kappa shape index (κ3) is 4.44. The van der Waals surface area contributed by atoms with E-state index >= 15 is 0 Å². The van der Waals surface area contributed by atoms with E-state index in [1.165, 1.54) is 12.1 Å². The molecule has 0 amide bonds. The van der Waals surface area contributed by atoms with Gasteiger partial charge < -0.3 is 10.1 Å². The molecule has 4 aromatic rings. The summed E-state index contributed by atoms with van der Waals surface area (Å²) in [5.41, 5.74) is 1.89. The van der Waals surface area contributed by atoms with E-state index in [2.05, 4.69) is 26.2 Å². The zero-order chi connectivity index (χ0) is 24.6. The number of fused-ring (bicyclic) bond motifs is 1. The largest absolute Gasteiger partial charge is 0.490 e. The smallest absolute Gasteiger partial charge is 0.143 e. The second-order valence-electron chi connectivity index (χ2n) is 9.48. The molecule has 3 aromatic heterocycles. The molecule has 0 bridgehead atoms. The minimum atomic E-state index is -0.756. The van der Waals surface area contributed by atoms with Gasteiger partial charge in [0, 0.05) is 42.5 Å². The van der Waals surface area contributed by atoms with Gasteiger partial charge in [-0.2, -0.15) is 15.5 Å². The molecule has 0 atom stereocenters. The topological polar surface area (TPSA) is 93.6 Å². The van der Waals surface area contributed by atoms with Crippen molar-refractivity contribution in [3.05, 3.63) is 54.7 Å². The van der Waals surface area contributed by atoms with Crippen molar-refractivity contribution < 1.29 is 9.13 Å². The molecule has 1 aliphatic carbocycles. The highest BCUT2D eigenvalue weighted by Crippen LogP contribution is 2.36. The summed E-state index contributed by atoms with van der Waals surface area (Å²) in [5, 5.41) is 23.0. The van der Waals surface area contributed by atoms with Crippen LogP contribution in [0.3, 0.4) is 0 Å². The van der Waals surface area contributed by atoms with Gasteiger partial charge in [0.15, 0.2) is 0 Å². The van der Waals surface area contributed by atoms with Crippen molar-refractivity contribution in [2.24, 2.45) is 0 Å². The summed E-state index contributed by atoms with van der Waals surface area (Å²) >= 11 is 0. The summed E-state index contributed by atoms with van der Waals surface area (Å²) in [5.74, 6) is 1.05. The lowest BCUT2D eigenvalue weighted by Crippen LogP contribution is -2.26. The fourth-order valence-corrected chi connectivity index (χ4v) is 4.60. The highest BCUT2D eigenvalue weighted by molar-refractivity contribution is 5.93. The predicted octanol–water partition coefficient (Wildman–Crippen LogP) is 5.30. The molecule has 1 aliphatic rings. The lowest BCUT2D eigenvalue weighted by Gasteiger charge is -2.29. The number of halogens is 1. The second-order valence-corrected chi connectivity index (χ2v) is 9.48. The van der Waals surface area contributed by atoms with Gasteiger partial charge in [-0.3, -0.25) is 9.36 Å². The molecule has 0 radical (unpaired) electrons. The number of anilines is 1. The molecule has 0 spiro atoms. The van der Waals surface area contributed by atoms with Crippen molar-refractivity contribution in [2.45, 2.75) is 57.2 Å². The lowest BCUT2D eigenvalue weighted by atomic mass is 9.93. The van der Waals surface area contributed by atoms with Gasteiger partial charge in [-0.05, 0) is 51.7 Å². The molecule has 5 rings (SSSR count). The highest BCUT2D eigenvalue weighted by Gasteiger charge is 2.28. The van der Waals surface area contributed by atoms with Crippen molar-refractivity contribution in [1.82, 2.24) is 24.5 Å². The second kappa shape index (κ2) is 9.02. The minimum absolute atomic E-state index is 0.0512. The van der Waals surface area contributed by atoms with Crippen molar-refractivity contribution in [1.29, 1.82) is 5.26 Å². The average Bonchev–Trinajstić information content (AvgIpc) is 3.50. The molecule has 0 unspecified atom stereocenters. The maximum Gasteiger partial charge on any atom is 0.143 e. The number of benzene rings is 1. The van der Waals surface area contributed by atoms with Crippen LogP contribution in [0.25, 0.3) is 22.2 Å². The number of ether oxygens (including phenoxy) is 1. The molecule has 1 saturated carbocycles. The van der Waals surface area contributed by atoms with Crippen molar-refractivity contribution in [2.75, 3.05) is 12.4 Å². The molecule has 35 heavy (non-hydrogen) atoms. The van der Waals surface area contributed by atoms with Gasteiger partial charge in [0.1, 0.15) is 28.6 Å². The zero-order valence-electron chi connectivity index (χ0n) is 20.1. The van der Waals surface area contributed by atoms with E-state index in [-0.39, 0.29) is 18.0 Å². The van der Waals surface area contributed by atoms with Gasteiger partial charge in [0.25, 0.3) is 0 Å². The van der Waals surface area contributed by atoms with Crippen LogP contribution in [0.15, 0.2) is 48.9 Å². The third-order valence-electron chi connectivity index (χ3n) is 6.64. The molecule has 1 N–H and O–H groups in total. The summed E-state index contributed by atoms with van der Waals surface area (Å²) < 4.78 is 23.3. The van der Waals surface area contributed by atoms with Crippen LogP contribution in [-0.2, 0) is 5.54 Å². The Morgan fingerprint density at radius 1 is 1.17 bits per heavy atom. The Hall–Kier alpha value is -3.93. The molecule has 1 fully saturated rings. The number of aromatic nitrogens is 5. The molecular formula is C26H28FN7O. The third-order valence-corrected chi connectivity index (χ3v) is 6.64. The van der Waals surface area contributed by atoms with Gasteiger partial charge in [-0.25, -0.2) is 9.37 Å². The van der Waals surface area contributed by atoms with E-state index in [0.717, 1.165) is 53.7 Å². The van der Waals surface area contributed by atoms with Crippen molar-refractivity contribution >= 4 is 16.7 Å². The first-order valence-electron chi connectivity index (χ1n) is 11.8. The number of rotatable bonds is 6. The van der Waals surface area contributed by atoms with Gasteiger partial charge >= 0.3 is 0 Å². The summed E-state index contributed by atoms with van der Waals surface area (Å²) in [6.45, 7) is 3.65. The van der Waals surface area contributed by atoms with E-state index in [4.69, 9.17) is 9.84 Å². The Morgan fingerprint density at radius 2 is 1.97 bits per heavy atom. The average molecular weight is 474 g/mol. The van der Waals surface area contributed by atoms with E-state index in [9.17, 15) is 9.65 Å². The van der Waals surface area contributed by atoms with E-state index in [1.807, 2.05) is 39.4 Å². The first kappa shape index (κ1) is 22.8. The van der Waals surface area contributed by atoms with Crippen LogP contribution in [0, 0.1) is 17.1 Å². The Morgan fingerprint density at radius 3 is 2.69 bits per heavy atom. The summed E-state index contributed by atoms with van der Waals surface area (Å²) in [7, 11) is 1.85. The maximum absolute atomic E-state index is 13.5. The SMILES string of the molecule is CNc1cc2c(cn1)c(-c1cnn(C(C)(C)C#N)c1)nn2[C@H]1CC[C@@H](Oc2cccc(F)c2)CC1. The molecule has 0 aliphatic heterocycles. The fourth-order valence-electron chi connectivity index (χ4n) is 4.60. The molecule has 1 aromatic carbocycles. The standard InChI is InChI=1S/C26H28FN7O/c1-26(2,16-28)33-15-17(13-31-33)25-22-14-30-24(29-3)12-23(22)34(32-25)19-7-9-20(10-8-19)35-21-6-4-5-18(27)11-21/h4-6,11-15,19-20H,7-10H2,1-3H3,(H,29,30)/t19-,20+. The van der Waals surface area contributed by atoms with Gasteiger partial charge in [-0.1, -0.05) is 6.07 Å². The number of nitriles is 1. The van der Waals surface area contributed by atoms with E-state index in [0.29, 0.717) is 5.75 Å². The van der Waals surface area contributed by atoms with E-state index < -0.39 is 5.54 Å². The summed E-state index contributed by atoms with van der Waals surface area (Å²) in [6.07, 6.45) is 9.02. The van der Waals surface area contributed by atoms with Crippen LogP contribution < -0.4 is 10.1 Å². The predicted molar refractivity (Wildman–Crippen MR) is 132 cm³/mol. The molecule has 8 nitrogen and oxygen atoms in total. The number of nitrogens with zero attached hydrogens (tertiary/aromatic N) is 6. The Labute approximate surface area is 203 Å². The Balaban J connectivity index is 1.43. The van der Waals surface area contributed by atoms with Gasteiger partial charge in [0.2, 0.25) is 0 Å². The van der Waals surface area contributed by atoms with Crippen LogP contribution in [0.4, 0.5) is 10.2 Å². The van der Waals surface area contributed by atoms with Crippen LogP contribution in [0.1, 0.15) is 45.6 Å². The number of pyridine rings is 1. The van der Waals surface area contributed by atoms with E-state index in [1.54, 1.807) is 23.0 Å². The molecule has 3 heterocycles. The number of hydrogen-bond acceptors (Lipinski definition) is 6. The summed E-state index contributed by atoms with van der Waals surface area (Å²) in [4.78, 5) is 4.51. The minimum Gasteiger partial charge on any atom is -0.490 e. The summed E-state index contributed by atoms with van der Waals surface area (Å²) in [6, 6.07) is 10.8. The van der Waals surface area contributed by atoms with Crippen LogP contribution >= 0.6 is 0 Å². The monoisotopic (exact) mass is 473 g/mol. The first-order valence-corrected chi connectivity index (χ1v) is 11.8. The van der Waals surface area contributed by atoms with Crippen molar-refractivity contribution in [3.63, 3.8) is 0 Å². The molecule has 9 heteroatoms. The van der Waals surface area contributed by atoms with Crippen LogP contribution in [0.2, 0.25) is 0 Å². The molecule has 180 valence electrons. The van der Waals surface area contributed by atoms with Crippen LogP contribution in [0.5, 0.6) is 5.75 Å². The Bertz CT molecular complexity index is 1390. The molecule has 0 saturated heterocycles. The van der Waals surface area contributed by atoms with Crippen LogP contribution in [-0.4, -0.2) is 37.7 Å². The Kier molecular flexibility index (Phi) is 5.89. The zero-order valence-corrected chi connectivity index (χ0v) is 20.1. The first-order chi connectivity index (χ1) is 16.9. The lowest BCUT2D eigenvalue weighted by molar-refractivity contribution is 0.130. The maximum atomic E-state index is 13.5. The van der Waals surface area contributed by atoms with Gasteiger partial charge in [-0.15, -0.1) is 0 Å². The fraction of sp³-hybridized carbons (Fsp3) is 0.385. The number of hydrogen-bond donors (Lipinski definition) is 1.